The molecule has 3 atom stereocenters. The van der Waals surface area contributed by atoms with Crippen molar-refractivity contribution in [3.63, 3.8) is 0 Å². The number of carbonyl (C=O) groups excluding carboxylic acids is 2. The highest BCUT2D eigenvalue weighted by molar-refractivity contribution is 5.92. The van der Waals surface area contributed by atoms with Gasteiger partial charge in [0.15, 0.2) is 5.82 Å². The molecule has 3 heterocycles. The van der Waals surface area contributed by atoms with Crippen LogP contribution in [0.3, 0.4) is 0 Å². The number of rotatable bonds is 4. The summed E-state index contributed by atoms with van der Waals surface area (Å²) in [6.45, 7) is 3.65. The minimum Gasteiger partial charge on any atom is -0.423 e. The lowest BCUT2D eigenvalue weighted by atomic mass is 9.64. The molecule has 0 spiro atoms. The number of benzene rings is 1. The zero-order valence-electron chi connectivity index (χ0n) is 19.9. The molecule has 5 rings (SSSR count). The van der Waals surface area contributed by atoms with Gasteiger partial charge in [0, 0.05) is 32.0 Å². The SMILES string of the molecule is Cc1nnc(C23CC(C[C@@H](C)C2)N3C(=O)Nc2cc(-c3nc(C(N)=O)n(C)n3)c(C(F)(F)F)cc2F)o1. The van der Waals surface area contributed by atoms with Crippen LogP contribution in [0.1, 0.15) is 54.2 Å². The molecular formula is C22H22F4N8O3. The van der Waals surface area contributed by atoms with E-state index in [1.54, 1.807) is 6.92 Å². The molecule has 2 fully saturated rings. The molecule has 2 unspecified atom stereocenters. The highest BCUT2D eigenvalue weighted by Gasteiger charge is 2.62. The maximum absolute atomic E-state index is 14.9. The molecule has 11 nitrogen and oxygen atoms in total. The Kier molecular flexibility index (Phi) is 5.49. The molecule has 0 radical (unpaired) electrons. The van der Waals surface area contributed by atoms with Crippen LogP contribution >= 0.6 is 0 Å². The Bertz CT molecular complexity index is 1420. The number of hydrogen-bond acceptors (Lipinski definition) is 7. The summed E-state index contributed by atoms with van der Waals surface area (Å²) in [5, 5.41) is 14.2. The third kappa shape index (κ3) is 3.97. The maximum atomic E-state index is 14.9. The lowest BCUT2D eigenvalue weighted by Crippen LogP contribution is -2.70. The van der Waals surface area contributed by atoms with E-state index in [0.29, 0.717) is 25.2 Å². The summed E-state index contributed by atoms with van der Waals surface area (Å²) in [7, 11) is 1.28. The molecule has 3 aromatic rings. The molecule has 1 saturated carbocycles. The third-order valence-electron chi connectivity index (χ3n) is 6.78. The standard InChI is InChI=1S/C22H22F4N8O3/c1-9-4-11-8-21(7-9,19-31-30-10(2)37-19)34(11)20(36)28-15-5-12(13(6-14(15)23)22(24,25)26)17-29-18(16(27)35)33(3)32-17/h5-6,9,11H,4,7-8H2,1-3H3,(H2,27,35)(H,28,36)/t9-,11?,21?/m1/s1. The fourth-order valence-electron chi connectivity index (χ4n) is 5.41. The number of carbonyl (C=O) groups is 2. The molecule has 196 valence electrons. The van der Waals surface area contributed by atoms with Crippen molar-refractivity contribution in [2.75, 3.05) is 5.32 Å². The molecule has 1 saturated heterocycles. The number of aromatic nitrogens is 5. The molecule has 15 heteroatoms. The average molecular weight is 522 g/mol. The second-order valence-electron chi connectivity index (χ2n) is 9.48. The van der Waals surface area contributed by atoms with E-state index in [0.717, 1.165) is 10.7 Å². The predicted octanol–water partition coefficient (Wildman–Crippen LogP) is 3.36. The number of piperidine rings is 1. The van der Waals surface area contributed by atoms with Crippen molar-refractivity contribution in [2.24, 2.45) is 18.7 Å². The van der Waals surface area contributed by atoms with Crippen molar-refractivity contribution >= 4 is 17.6 Å². The minimum atomic E-state index is -4.98. The summed E-state index contributed by atoms with van der Waals surface area (Å²) < 4.78 is 62.7. The smallest absolute Gasteiger partial charge is 0.417 e. The number of fused-ring (bicyclic) bond motifs is 2. The summed E-state index contributed by atoms with van der Waals surface area (Å²) >= 11 is 0. The number of halogens is 4. The summed E-state index contributed by atoms with van der Waals surface area (Å²) in [6, 6.07) is 0.123. The molecular weight excluding hydrogens is 500 g/mol. The van der Waals surface area contributed by atoms with E-state index < -0.39 is 57.9 Å². The number of urea groups is 1. The quantitative estimate of drug-likeness (QED) is 0.500. The minimum absolute atomic E-state index is 0.191. The summed E-state index contributed by atoms with van der Waals surface area (Å²) in [6.07, 6.45) is -3.18. The Labute approximate surface area is 207 Å². The Balaban J connectivity index is 1.52. The van der Waals surface area contributed by atoms with Crippen LogP contribution in [0.2, 0.25) is 0 Å². The van der Waals surface area contributed by atoms with Gasteiger partial charge in [-0.05, 0) is 30.9 Å². The molecule has 2 bridgehead atoms. The van der Waals surface area contributed by atoms with Gasteiger partial charge in [-0.15, -0.1) is 10.2 Å². The van der Waals surface area contributed by atoms with Crippen LogP contribution < -0.4 is 11.1 Å². The number of anilines is 1. The number of alkyl halides is 3. The van der Waals surface area contributed by atoms with E-state index in [4.69, 9.17) is 10.2 Å². The van der Waals surface area contributed by atoms with Crippen LogP contribution in [0.5, 0.6) is 0 Å². The molecule has 1 aliphatic heterocycles. The Morgan fingerprint density at radius 2 is 1.97 bits per heavy atom. The van der Waals surface area contributed by atoms with Gasteiger partial charge in [0.25, 0.3) is 5.91 Å². The molecule has 1 aromatic carbocycles. The van der Waals surface area contributed by atoms with E-state index in [-0.39, 0.29) is 23.9 Å². The van der Waals surface area contributed by atoms with E-state index >= 15 is 0 Å². The van der Waals surface area contributed by atoms with Crippen LogP contribution in [0.15, 0.2) is 16.5 Å². The number of primary amides is 1. The van der Waals surface area contributed by atoms with Crippen molar-refractivity contribution in [3.8, 4) is 11.4 Å². The van der Waals surface area contributed by atoms with Gasteiger partial charge in [-0.1, -0.05) is 6.92 Å². The average Bonchev–Trinajstić information content (AvgIpc) is 3.39. The van der Waals surface area contributed by atoms with Gasteiger partial charge in [-0.3, -0.25) is 4.79 Å². The van der Waals surface area contributed by atoms with Crippen LogP contribution in [0.25, 0.3) is 11.4 Å². The highest BCUT2D eigenvalue weighted by atomic mass is 19.4. The summed E-state index contributed by atoms with van der Waals surface area (Å²) in [5.41, 5.74) is 1.78. The number of nitrogens with two attached hydrogens (primary N) is 1. The molecule has 3 amide bonds. The van der Waals surface area contributed by atoms with E-state index in [1.807, 2.05) is 6.92 Å². The topological polar surface area (TPSA) is 145 Å². The normalized spacial score (nSPS) is 23.1. The maximum Gasteiger partial charge on any atom is 0.417 e. The second-order valence-corrected chi connectivity index (χ2v) is 9.48. The van der Waals surface area contributed by atoms with Crippen LogP contribution in [0.4, 0.5) is 28.0 Å². The number of likely N-dealkylation sites (tertiary alicyclic amines) is 1. The van der Waals surface area contributed by atoms with E-state index in [2.05, 4.69) is 25.6 Å². The Hall–Kier alpha value is -4.04. The number of hydrogen-bond donors (Lipinski definition) is 2. The Morgan fingerprint density at radius 3 is 2.57 bits per heavy atom. The molecule has 2 aromatic heterocycles. The van der Waals surface area contributed by atoms with Crippen molar-refractivity contribution in [3.05, 3.63) is 41.1 Å². The number of amides is 3. The van der Waals surface area contributed by atoms with Crippen molar-refractivity contribution in [1.82, 2.24) is 29.9 Å². The largest absolute Gasteiger partial charge is 0.423 e. The number of nitrogens with zero attached hydrogens (tertiary/aromatic N) is 6. The van der Waals surface area contributed by atoms with Gasteiger partial charge in [0.05, 0.1) is 11.3 Å². The van der Waals surface area contributed by atoms with Gasteiger partial charge in [0.2, 0.25) is 17.6 Å². The highest BCUT2D eigenvalue weighted by Crippen LogP contribution is 2.55. The number of nitrogens with one attached hydrogen (secondary N) is 1. The molecule has 1 aliphatic carbocycles. The fourth-order valence-corrected chi connectivity index (χ4v) is 5.41. The third-order valence-corrected chi connectivity index (χ3v) is 6.78. The fraction of sp³-hybridized carbons (Fsp3) is 0.455. The molecule has 37 heavy (non-hydrogen) atoms. The van der Waals surface area contributed by atoms with Gasteiger partial charge in [-0.2, -0.15) is 18.3 Å². The van der Waals surface area contributed by atoms with Gasteiger partial charge >= 0.3 is 12.2 Å². The van der Waals surface area contributed by atoms with E-state index in [9.17, 15) is 27.2 Å². The van der Waals surface area contributed by atoms with Crippen molar-refractivity contribution < 1.29 is 31.6 Å². The molecule has 3 N–H and O–H groups in total. The van der Waals surface area contributed by atoms with Crippen molar-refractivity contribution in [2.45, 2.75) is 50.9 Å². The zero-order valence-corrected chi connectivity index (χ0v) is 19.9. The van der Waals surface area contributed by atoms with Crippen LogP contribution in [-0.2, 0) is 18.8 Å². The summed E-state index contributed by atoms with van der Waals surface area (Å²) in [5.74, 6) is -2.39. The summed E-state index contributed by atoms with van der Waals surface area (Å²) in [4.78, 5) is 30.2. The second kappa shape index (κ2) is 8.24. The van der Waals surface area contributed by atoms with Gasteiger partial charge in [0.1, 0.15) is 11.4 Å². The van der Waals surface area contributed by atoms with Crippen molar-refractivity contribution in [1.29, 1.82) is 0 Å². The Morgan fingerprint density at radius 1 is 1.24 bits per heavy atom. The van der Waals surface area contributed by atoms with E-state index in [1.165, 1.54) is 11.9 Å². The lowest BCUT2D eigenvalue weighted by molar-refractivity contribution is -0.137. The zero-order chi connectivity index (χ0) is 26.9. The van der Waals surface area contributed by atoms with Gasteiger partial charge in [-0.25, -0.2) is 18.9 Å². The monoisotopic (exact) mass is 522 g/mol. The first kappa shape index (κ1) is 24.6. The van der Waals surface area contributed by atoms with Gasteiger partial charge < -0.3 is 20.4 Å². The lowest BCUT2D eigenvalue weighted by Gasteiger charge is -2.61. The molecule has 2 aliphatic rings. The first-order chi connectivity index (χ1) is 17.3. The van der Waals surface area contributed by atoms with Crippen LogP contribution in [0, 0.1) is 18.7 Å². The number of aryl methyl sites for hydroxylation is 2. The first-order valence-electron chi connectivity index (χ1n) is 11.3. The first-order valence-corrected chi connectivity index (χ1v) is 11.3. The predicted molar refractivity (Wildman–Crippen MR) is 118 cm³/mol. The van der Waals surface area contributed by atoms with Crippen LogP contribution in [-0.4, -0.2) is 47.8 Å².